The van der Waals surface area contributed by atoms with Gasteiger partial charge in [-0.15, -0.1) is 0 Å². The summed E-state index contributed by atoms with van der Waals surface area (Å²) in [5, 5.41) is 9.76. The predicted molar refractivity (Wildman–Crippen MR) is 91.7 cm³/mol. The standard InChI is InChI=1S/C21H18FNO/c22-16-7-8-18-15(13-16)6-9-21-19(5-2-10-23-21)20(18)12-14-3-1-4-17(24)11-14/h1-5,7-8,10-11,13,20,24H,6,9,12H2. The largest absolute Gasteiger partial charge is 0.508 e. The molecule has 1 aliphatic carbocycles. The number of rotatable bonds is 2. The quantitative estimate of drug-likeness (QED) is 0.759. The lowest BCUT2D eigenvalue weighted by Crippen LogP contribution is -2.08. The molecule has 0 fully saturated rings. The van der Waals surface area contributed by atoms with Crippen molar-refractivity contribution >= 4 is 0 Å². The molecule has 2 nitrogen and oxygen atoms in total. The number of pyridine rings is 1. The van der Waals surface area contributed by atoms with E-state index in [2.05, 4.69) is 11.1 Å². The molecule has 120 valence electrons. The van der Waals surface area contributed by atoms with Crippen molar-refractivity contribution in [2.75, 3.05) is 0 Å². The van der Waals surface area contributed by atoms with Crippen LogP contribution < -0.4 is 0 Å². The number of halogens is 1. The summed E-state index contributed by atoms with van der Waals surface area (Å²) in [6.45, 7) is 0. The molecule has 1 atom stereocenters. The lowest BCUT2D eigenvalue weighted by atomic mass is 9.84. The van der Waals surface area contributed by atoms with Crippen molar-refractivity contribution < 1.29 is 9.50 Å². The van der Waals surface area contributed by atoms with Crippen LogP contribution >= 0.6 is 0 Å². The van der Waals surface area contributed by atoms with E-state index in [0.717, 1.165) is 41.6 Å². The van der Waals surface area contributed by atoms with Crippen molar-refractivity contribution in [1.82, 2.24) is 4.98 Å². The summed E-state index contributed by atoms with van der Waals surface area (Å²) in [5.74, 6) is 0.198. The third kappa shape index (κ3) is 2.78. The van der Waals surface area contributed by atoms with Crippen molar-refractivity contribution in [1.29, 1.82) is 0 Å². The van der Waals surface area contributed by atoms with Gasteiger partial charge in [0.05, 0.1) is 0 Å². The van der Waals surface area contributed by atoms with Crippen LogP contribution in [-0.4, -0.2) is 10.1 Å². The fourth-order valence-electron chi connectivity index (χ4n) is 3.67. The molecule has 4 rings (SSSR count). The maximum absolute atomic E-state index is 13.7. The number of hydrogen-bond donors (Lipinski definition) is 1. The van der Waals surface area contributed by atoms with Crippen LogP contribution in [-0.2, 0) is 19.3 Å². The van der Waals surface area contributed by atoms with E-state index in [9.17, 15) is 9.50 Å². The SMILES string of the molecule is Oc1cccc(CC2c3ccc(F)cc3CCc3ncccc32)c1. The third-order valence-corrected chi connectivity index (χ3v) is 4.76. The van der Waals surface area contributed by atoms with Crippen LogP contribution in [0.4, 0.5) is 4.39 Å². The van der Waals surface area contributed by atoms with Crippen LogP contribution in [0, 0.1) is 5.82 Å². The molecule has 1 aliphatic rings. The number of fused-ring (bicyclic) bond motifs is 2. The Labute approximate surface area is 140 Å². The van der Waals surface area contributed by atoms with Crippen LogP contribution in [0.3, 0.4) is 0 Å². The molecule has 0 spiro atoms. The molecule has 0 amide bonds. The van der Waals surface area contributed by atoms with Gasteiger partial charge in [0, 0.05) is 17.8 Å². The highest BCUT2D eigenvalue weighted by Gasteiger charge is 2.25. The van der Waals surface area contributed by atoms with Gasteiger partial charge in [0.15, 0.2) is 0 Å². The molecule has 2 aromatic carbocycles. The van der Waals surface area contributed by atoms with Crippen molar-refractivity contribution in [2.24, 2.45) is 0 Å². The maximum Gasteiger partial charge on any atom is 0.123 e. The second kappa shape index (κ2) is 6.08. The van der Waals surface area contributed by atoms with Gasteiger partial charge < -0.3 is 5.11 Å². The minimum Gasteiger partial charge on any atom is -0.508 e. The molecule has 3 heteroatoms. The van der Waals surface area contributed by atoms with E-state index in [4.69, 9.17) is 0 Å². The Morgan fingerprint density at radius 2 is 1.92 bits per heavy atom. The summed E-state index contributed by atoms with van der Waals surface area (Å²) in [6.07, 6.45) is 4.20. The predicted octanol–water partition coefficient (Wildman–Crippen LogP) is 4.40. The highest BCUT2D eigenvalue weighted by atomic mass is 19.1. The van der Waals surface area contributed by atoms with E-state index in [0.29, 0.717) is 0 Å². The van der Waals surface area contributed by atoms with E-state index in [1.54, 1.807) is 18.2 Å². The number of nitrogens with zero attached hydrogens (tertiary/aromatic N) is 1. The summed E-state index contributed by atoms with van der Waals surface area (Å²) in [7, 11) is 0. The first kappa shape index (κ1) is 14.9. The number of benzene rings is 2. The van der Waals surface area contributed by atoms with Crippen LogP contribution in [0.5, 0.6) is 5.75 Å². The molecule has 1 unspecified atom stereocenters. The Hall–Kier alpha value is -2.68. The van der Waals surface area contributed by atoms with E-state index >= 15 is 0 Å². The van der Waals surface area contributed by atoms with Crippen LogP contribution in [0.15, 0.2) is 60.8 Å². The Morgan fingerprint density at radius 1 is 1.00 bits per heavy atom. The number of phenolic OH excluding ortho intramolecular Hbond substituents is 1. The van der Waals surface area contributed by atoms with Gasteiger partial charge in [-0.05, 0) is 71.8 Å². The maximum atomic E-state index is 13.7. The molecule has 1 aromatic heterocycles. The van der Waals surface area contributed by atoms with Gasteiger partial charge in [-0.2, -0.15) is 0 Å². The highest BCUT2D eigenvalue weighted by Crippen LogP contribution is 2.36. The number of aromatic hydroxyl groups is 1. The molecule has 1 N–H and O–H groups in total. The number of phenols is 1. The lowest BCUT2D eigenvalue weighted by molar-refractivity contribution is 0.474. The van der Waals surface area contributed by atoms with Gasteiger partial charge in [0.25, 0.3) is 0 Å². The molecule has 0 saturated heterocycles. The van der Waals surface area contributed by atoms with Gasteiger partial charge in [-0.25, -0.2) is 4.39 Å². The molecule has 3 aromatic rings. The minimum atomic E-state index is -0.191. The Bertz CT molecular complexity index is 891. The fraction of sp³-hybridized carbons (Fsp3) is 0.190. The molecule has 0 radical (unpaired) electrons. The molecule has 1 heterocycles. The average molecular weight is 319 g/mol. The molecule has 0 saturated carbocycles. The second-order valence-corrected chi connectivity index (χ2v) is 6.31. The van der Waals surface area contributed by atoms with E-state index in [-0.39, 0.29) is 17.5 Å². The number of hydrogen-bond acceptors (Lipinski definition) is 2. The fourth-order valence-corrected chi connectivity index (χ4v) is 3.67. The van der Waals surface area contributed by atoms with E-state index in [1.165, 1.54) is 11.6 Å². The van der Waals surface area contributed by atoms with Crippen molar-refractivity contribution in [3.63, 3.8) is 0 Å². The summed E-state index contributed by atoms with van der Waals surface area (Å²) in [5.41, 5.74) is 5.56. The van der Waals surface area contributed by atoms with Crippen LogP contribution in [0.25, 0.3) is 0 Å². The van der Waals surface area contributed by atoms with Crippen molar-refractivity contribution in [2.45, 2.75) is 25.2 Å². The second-order valence-electron chi connectivity index (χ2n) is 6.31. The Kier molecular flexibility index (Phi) is 3.77. The first-order chi connectivity index (χ1) is 11.7. The highest BCUT2D eigenvalue weighted by molar-refractivity contribution is 5.44. The molecule has 0 aliphatic heterocycles. The third-order valence-electron chi connectivity index (χ3n) is 4.76. The molecule has 24 heavy (non-hydrogen) atoms. The Morgan fingerprint density at radius 3 is 2.79 bits per heavy atom. The lowest BCUT2D eigenvalue weighted by Gasteiger charge is -2.20. The van der Waals surface area contributed by atoms with Crippen molar-refractivity contribution in [3.05, 3.63) is 94.6 Å². The minimum absolute atomic E-state index is 0.119. The zero-order valence-corrected chi connectivity index (χ0v) is 13.2. The number of aryl methyl sites for hydroxylation is 2. The van der Waals surface area contributed by atoms with Gasteiger partial charge in [-0.1, -0.05) is 24.3 Å². The normalized spacial score (nSPS) is 16.1. The van der Waals surface area contributed by atoms with E-state index in [1.807, 2.05) is 30.5 Å². The summed E-state index contributed by atoms with van der Waals surface area (Å²) >= 11 is 0. The first-order valence-corrected chi connectivity index (χ1v) is 8.21. The van der Waals surface area contributed by atoms with Gasteiger partial charge in [0.2, 0.25) is 0 Å². The monoisotopic (exact) mass is 319 g/mol. The average Bonchev–Trinajstić information content (AvgIpc) is 2.73. The van der Waals surface area contributed by atoms with Crippen LogP contribution in [0.1, 0.15) is 33.9 Å². The number of aromatic nitrogens is 1. The summed E-state index contributed by atoms with van der Waals surface area (Å²) < 4.78 is 13.7. The van der Waals surface area contributed by atoms with E-state index < -0.39 is 0 Å². The van der Waals surface area contributed by atoms with Gasteiger partial charge in [-0.3, -0.25) is 4.98 Å². The van der Waals surface area contributed by atoms with Crippen LogP contribution in [0.2, 0.25) is 0 Å². The molecular weight excluding hydrogens is 301 g/mol. The topological polar surface area (TPSA) is 33.1 Å². The zero-order chi connectivity index (χ0) is 16.5. The van der Waals surface area contributed by atoms with Gasteiger partial charge >= 0.3 is 0 Å². The molecule has 0 bridgehead atoms. The van der Waals surface area contributed by atoms with Crippen molar-refractivity contribution in [3.8, 4) is 5.75 Å². The summed E-state index contributed by atoms with van der Waals surface area (Å²) in [6, 6.07) is 16.5. The smallest absolute Gasteiger partial charge is 0.123 e. The molecular formula is C21H18FNO. The Balaban J connectivity index is 1.84. The first-order valence-electron chi connectivity index (χ1n) is 8.21. The van der Waals surface area contributed by atoms with Gasteiger partial charge in [0.1, 0.15) is 11.6 Å². The zero-order valence-electron chi connectivity index (χ0n) is 13.2. The summed E-state index contributed by atoms with van der Waals surface area (Å²) in [4.78, 5) is 4.55.